The van der Waals surface area contributed by atoms with Crippen molar-refractivity contribution in [3.63, 3.8) is 0 Å². The number of carbonyl (C=O) groups excluding carboxylic acids is 1. The van der Waals surface area contributed by atoms with Gasteiger partial charge < -0.3 is 15.0 Å². The van der Waals surface area contributed by atoms with E-state index in [0.29, 0.717) is 0 Å². The van der Waals surface area contributed by atoms with Gasteiger partial charge in [-0.05, 0) is 13.0 Å². The number of carbonyl (C=O) groups is 1. The monoisotopic (exact) mass is 289 g/mol. The molecule has 0 radical (unpaired) electrons. The van der Waals surface area contributed by atoms with Gasteiger partial charge in [0, 0.05) is 12.7 Å². The van der Waals surface area contributed by atoms with Gasteiger partial charge in [0.2, 0.25) is 0 Å². The van der Waals surface area contributed by atoms with Crippen LogP contribution in [-0.4, -0.2) is 17.7 Å². The predicted octanol–water partition coefficient (Wildman–Crippen LogP) is -1.44. The average Bonchev–Trinajstić information content (AvgIpc) is 2.18. The van der Waals surface area contributed by atoms with Gasteiger partial charge in [0.05, 0.1) is 16.5 Å². The minimum absolute atomic E-state index is 0. The van der Waals surface area contributed by atoms with Crippen LogP contribution in [0.4, 0.5) is 0 Å². The van der Waals surface area contributed by atoms with E-state index in [1.807, 2.05) is 0 Å². The van der Waals surface area contributed by atoms with Gasteiger partial charge in [-0.1, -0.05) is 42.9 Å². The molecular formula is C10H14Cl2NNaO3. The second-order valence-electron chi connectivity index (χ2n) is 1.51. The first kappa shape index (κ1) is 30.1. The van der Waals surface area contributed by atoms with Crippen molar-refractivity contribution >= 4 is 29.2 Å². The van der Waals surface area contributed by atoms with Crippen LogP contribution in [0, 0.1) is 11.3 Å². The van der Waals surface area contributed by atoms with Crippen molar-refractivity contribution in [2.45, 2.75) is 6.92 Å². The molecule has 0 saturated carbocycles. The van der Waals surface area contributed by atoms with Crippen LogP contribution in [0.15, 0.2) is 36.4 Å². The zero-order valence-corrected chi connectivity index (χ0v) is 13.5. The van der Waals surface area contributed by atoms with Gasteiger partial charge in [-0.3, -0.25) is 0 Å². The summed E-state index contributed by atoms with van der Waals surface area (Å²) in [5, 5.41) is 24.2. The van der Waals surface area contributed by atoms with Crippen LogP contribution in [0.5, 0.6) is 0 Å². The first-order valence-electron chi connectivity index (χ1n) is 3.78. The van der Waals surface area contributed by atoms with Crippen LogP contribution in [0.2, 0.25) is 0 Å². The van der Waals surface area contributed by atoms with Crippen molar-refractivity contribution in [2.75, 3.05) is 6.61 Å². The molecule has 0 rings (SSSR count). The van der Waals surface area contributed by atoms with Crippen molar-refractivity contribution in [2.24, 2.45) is 0 Å². The number of carboxylic acids is 1. The zero-order valence-electron chi connectivity index (χ0n) is 9.95. The summed E-state index contributed by atoms with van der Waals surface area (Å²) < 4.78 is 0.111. The largest absolute Gasteiger partial charge is 1.00 e. The van der Waals surface area contributed by atoms with Gasteiger partial charge >= 0.3 is 29.6 Å². The Bertz CT molecular complexity index is 236. The fraction of sp³-hybridized carbons (Fsp3) is 0.200. The molecule has 4 nitrogen and oxygen atoms in total. The first-order valence-corrected chi connectivity index (χ1v) is 4.54. The number of aliphatic hydroxyl groups is 1. The van der Waals surface area contributed by atoms with Crippen LogP contribution in [0.3, 0.4) is 0 Å². The number of aliphatic hydroxyl groups excluding tert-OH is 1. The second kappa shape index (κ2) is 36.1. The maximum Gasteiger partial charge on any atom is 1.00 e. The summed E-state index contributed by atoms with van der Waals surface area (Å²) in [6.07, 6.45) is 1.90. The molecule has 0 aromatic rings. The van der Waals surface area contributed by atoms with Gasteiger partial charge in [0.25, 0.3) is 0 Å². The molecule has 0 atom stereocenters. The number of aliphatic carboxylic acids is 1. The molecule has 17 heavy (non-hydrogen) atoms. The van der Waals surface area contributed by atoms with E-state index in [1.54, 1.807) is 13.0 Å². The number of hydrogen-bond donors (Lipinski definition) is 1. The Balaban J connectivity index is -0.0000000375. The molecule has 0 amide bonds. The maximum absolute atomic E-state index is 9.14. The molecule has 0 bridgehead atoms. The molecule has 0 aromatic heterocycles. The molecule has 0 spiro atoms. The van der Waals surface area contributed by atoms with Gasteiger partial charge in [0.1, 0.15) is 0 Å². The van der Waals surface area contributed by atoms with Crippen LogP contribution in [0.25, 0.3) is 0 Å². The smallest absolute Gasteiger partial charge is 0.545 e. The molecule has 92 valence electrons. The number of nitrogens with zero attached hydrogens (tertiary/aromatic N) is 1. The Kier molecular flexibility index (Phi) is 63.8. The fourth-order valence-corrected chi connectivity index (χ4v) is 0. The van der Waals surface area contributed by atoms with Crippen molar-refractivity contribution < 1.29 is 44.6 Å². The van der Waals surface area contributed by atoms with Crippen molar-refractivity contribution in [3.05, 3.63) is 36.4 Å². The Morgan fingerprint density at radius 3 is 1.65 bits per heavy atom. The molecule has 1 N–H and O–H groups in total. The predicted molar refractivity (Wildman–Crippen MR) is 64.6 cm³/mol. The quantitative estimate of drug-likeness (QED) is 0.364. The molecule has 0 saturated heterocycles. The molecule has 0 aromatic carbocycles. The summed E-state index contributed by atoms with van der Waals surface area (Å²) >= 11 is 9.69. The zero-order chi connectivity index (χ0) is 14.0. The number of halogens is 2. The Labute approximate surface area is 134 Å². The van der Waals surface area contributed by atoms with Gasteiger partial charge in [-0.15, -0.1) is 0 Å². The van der Waals surface area contributed by atoms with E-state index in [1.165, 1.54) is 6.08 Å². The Morgan fingerprint density at radius 1 is 1.53 bits per heavy atom. The third-order valence-electron chi connectivity index (χ3n) is 0.258. The van der Waals surface area contributed by atoms with E-state index >= 15 is 0 Å². The molecule has 0 aliphatic rings. The summed E-state index contributed by atoms with van der Waals surface area (Å²) in [7, 11) is 0. The number of rotatable bonds is 1. The molecule has 0 unspecified atom stereocenters. The minimum atomic E-state index is -1.23. The molecule has 7 heteroatoms. The van der Waals surface area contributed by atoms with E-state index in [0.717, 1.165) is 6.08 Å². The number of allylic oxidation sites excluding steroid dienone is 1. The van der Waals surface area contributed by atoms with Gasteiger partial charge in [-0.25, -0.2) is 0 Å². The third-order valence-corrected chi connectivity index (χ3v) is 0.258. The van der Waals surface area contributed by atoms with E-state index in [2.05, 4.69) is 19.7 Å². The maximum atomic E-state index is 9.14. The van der Waals surface area contributed by atoms with Crippen LogP contribution in [-0.2, 0) is 4.79 Å². The van der Waals surface area contributed by atoms with Crippen LogP contribution >= 0.6 is 23.2 Å². The standard InChI is InChI=1S/C3H3N.C3H4O2.C2H2Cl2.C2H6O.Na/c1-2-3-4;1-2-3(4)5;1-2(3)4;1-2-3;/h2H,1H2;2H,1H2,(H,4,5);1H2;3H,2H2,1H3;/q;;;;+1/p-1. The molecule has 0 fully saturated rings. The average molecular weight is 290 g/mol. The summed E-state index contributed by atoms with van der Waals surface area (Å²) in [4.78, 5) is 9.14. The first-order chi connectivity index (χ1) is 7.33. The molecule has 0 aliphatic heterocycles. The SMILES string of the molecule is C=C(Cl)Cl.C=CC#N.C=CC(=O)[O-].CCO.[Na+]. The van der Waals surface area contributed by atoms with Gasteiger partial charge in [0.15, 0.2) is 0 Å². The van der Waals surface area contributed by atoms with Gasteiger partial charge in [-0.2, -0.15) is 5.26 Å². The van der Waals surface area contributed by atoms with Crippen LogP contribution < -0.4 is 34.7 Å². The minimum Gasteiger partial charge on any atom is -0.545 e. The van der Waals surface area contributed by atoms with E-state index < -0.39 is 5.97 Å². The topological polar surface area (TPSA) is 84.2 Å². The van der Waals surface area contributed by atoms with E-state index in [9.17, 15) is 0 Å². The summed E-state index contributed by atoms with van der Waals surface area (Å²) in [5.41, 5.74) is 0. The summed E-state index contributed by atoms with van der Waals surface area (Å²) in [5.74, 6) is -1.23. The number of carboxylic acid groups (broad SMARTS) is 1. The number of nitriles is 1. The molecule has 0 aliphatic carbocycles. The van der Waals surface area contributed by atoms with Crippen molar-refractivity contribution in [1.29, 1.82) is 5.26 Å². The summed E-state index contributed by atoms with van der Waals surface area (Å²) in [6, 6.07) is 1.69. The van der Waals surface area contributed by atoms with E-state index in [-0.39, 0.29) is 40.7 Å². The normalized spacial score (nSPS) is 5.35. The second-order valence-corrected chi connectivity index (χ2v) is 2.62. The Hall–Kier alpha value is -0.280. The third kappa shape index (κ3) is 400. The fourth-order valence-electron chi connectivity index (χ4n) is 0. The molecule has 0 heterocycles. The number of hydrogen-bond acceptors (Lipinski definition) is 4. The summed E-state index contributed by atoms with van der Waals surface area (Å²) in [6.45, 7) is 11.0. The van der Waals surface area contributed by atoms with Crippen molar-refractivity contribution in [3.8, 4) is 6.07 Å². The Morgan fingerprint density at radius 2 is 1.65 bits per heavy atom. The van der Waals surface area contributed by atoms with Crippen LogP contribution in [0.1, 0.15) is 6.92 Å². The van der Waals surface area contributed by atoms with Crippen molar-refractivity contribution in [1.82, 2.24) is 0 Å². The van der Waals surface area contributed by atoms with E-state index in [4.69, 9.17) is 43.5 Å². The molecular weight excluding hydrogens is 276 g/mol.